The Hall–Kier alpha value is -1.52. The molecule has 0 saturated heterocycles. The van der Waals surface area contributed by atoms with Crippen LogP contribution in [0.3, 0.4) is 0 Å². The van der Waals surface area contributed by atoms with E-state index in [2.05, 4.69) is 40.3 Å². The predicted molar refractivity (Wildman–Crippen MR) is 89.0 cm³/mol. The van der Waals surface area contributed by atoms with Crippen molar-refractivity contribution in [2.45, 2.75) is 13.5 Å². The number of nitrogens with one attached hydrogen (secondary N) is 1. The molecule has 0 fully saturated rings. The van der Waals surface area contributed by atoms with Crippen LogP contribution in [0.15, 0.2) is 53.0 Å². The highest BCUT2D eigenvalue weighted by molar-refractivity contribution is 9.10. The van der Waals surface area contributed by atoms with Crippen LogP contribution in [0.1, 0.15) is 12.5 Å². The van der Waals surface area contributed by atoms with Crippen molar-refractivity contribution in [3.05, 3.63) is 58.6 Å². The fourth-order valence-corrected chi connectivity index (χ4v) is 2.27. The SMILES string of the molecule is CCNCc1cccc(OCCOc2cccc(Br)c2)c1. The summed E-state index contributed by atoms with van der Waals surface area (Å²) in [6.45, 7) is 4.97. The highest BCUT2D eigenvalue weighted by Gasteiger charge is 1.98. The molecule has 0 aliphatic heterocycles. The third kappa shape index (κ3) is 5.78. The Morgan fingerprint density at radius 3 is 2.29 bits per heavy atom. The van der Waals surface area contributed by atoms with E-state index in [1.165, 1.54) is 5.56 Å². The Bertz CT molecular complexity index is 560. The lowest BCUT2D eigenvalue weighted by Gasteiger charge is -2.10. The van der Waals surface area contributed by atoms with Crippen molar-refractivity contribution in [3.63, 3.8) is 0 Å². The molecule has 3 nitrogen and oxygen atoms in total. The van der Waals surface area contributed by atoms with Gasteiger partial charge in [-0.25, -0.2) is 0 Å². The molecule has 4 heteroatoms. The van der Waals surface area contributed by atoms with Crippen molar-refractivity contribution in [2.75, 3.05) is 19.8 Å². The molecule has 0 aliphatic carbocycles. The maximum Gasteiger partial charge on any atom is 0.122 e. The second-order valence-electron chi connectivity index (χ2n) is 4.58. The van der Waals surface area contributed by atoms with Crippen molar-refractivity contribution in [3.8, 4) is 11.5 Å². The highest BCUT2D eigenvalue weighted by Crippen LogP contribution is 2.18. The molecule has 2 aromatic rings. The van der Waals surface area contributed by atoms with E-state index >= 15 is 0 Å². The molecule has 0 saturated carbocycles. The average molecular weight is 350 g/mol. The molecule has 0 radical (unpaired) electrons. The van der Waals surface area contributed by atoms with E-state index in [4.69, 9.17) is 9.47 Å². The summed E-state index contributed by atoms with van der Waals surface area (Å²) in [6.07, 6.45) is 0. The minimum absolute atomic E-state index is 0.522. The van der Waals surface area contributed by atoms with Gasteiger partial charge in [0, 0.05) is 11.0 Å². The van der Waals surface area contributed by atoms with Crippen LogP contribution in [0, 0.1) is 0 Å². The first-order valence-electron chi connectivity index (χ1n) is 7.09. The Labute approximate surface area is 134 Å². The van der Waals surface area contributed by atoms with Crippen molar-refractivity contribution in [1.29, 1.82) is 0 Å². The zero-order valence-electron chi connectivity index (χ0n) is 12.1. The van der Waals surface area contributed by atoms with Crippen molar-refractivity contribution in [2.24, 2.45) is 0 Å². The van der Waals surface area contributed by atoms with Gasteiger partial charge >= 0.3 is 0 Å². The van der Waals surface area contributed by atoms with E-state index in [0.29, 0.717) is 13.2 Å². The molecule has 0 amide bonds. The number of halogens is 1. The Kier molecular flexibility index (Phi) is 6.57. The lowest BCUT2D eigenvalue weighted by molar-refractivity contribution is 0.217. The van der Waals surface area contributed by atoms with Gasteiger partial charge in [0.05, 0.1) is 0 Å². The smallest absolute Gasteiger partial charge is 0.122 e. The summed E-state index contributed by atoms with van der Waals surface area (Å²) in [5.41, 5.74) is 1.22. The van der Waals surface area contributed by atoms with Crippen molar-refractivity contribution in [1.82, 2.24) is 5.32 Å². The molecule has 112 valence electrons. The second-order valence-corrected chi connectivity index (χ2v) is 5.50. The predicted octanol–water partition coefficient (Wildman–Crippen LogP) is 4.02. The Balaban J connectivity index is 1.75. The molecule has 2 aromatic carbocycles. The van der Waals surface area contributed by atoms with Gasteiger partial charge in [0.15, 0.2) is 0 Å². The average Bonchev–Trinajstić information content (AvgIpc) is 2.50. The van der Waals surface area contributed by atoms with Gasteiger partial charge < -0.3 is 14.8 Å². The zero-order chi connectivity index (χ0) is 14.9. The van der Waals surface area contributed by atoms with Gasteiger partial charge in [0.2, 0.25) is 0 Å². The minimum Gasteiger partial charge on any atom is -0.490 e. The van der Waals surface area contributed by atoms with Crippen LogP contribution in [0.4, 0.5) is 0 Å². The molecule has 0 aliphatic rings. The van der Waals surface area contributed by atoms with Gasteiger partial charge in [0.25, 0.3) is 0 Å². The molecule has 0 heterocycles. The van der Waals surface area contributed by atoms with E-state index in [9.17, 15) is 0 Å². The Morgan fingerprint density at radius 2 is 1.62 bits per heavy atom. The maximum atomic E-state index is 5.71. The molecular weight excluding hydrogens is 330 g/mol. The molecule has 0 spiro atoms. The van der Waals surface area contributed by atoms with E-state index in [-0.39, 0.29) is 0 Å². The van der Waals surface area contributed by atoms with Gasteiger partial charge in [-0.3, -0.25) is 0 Å². The minimum atomic E-state index is 0.522. The fraction of sp³-hybridized carbons (Fsp3) is 0.294. The first kappa shape index (κ1) is 15.9. The largest absolute Gasteiger partial charge is 0.490 e. The van der Waals surface area contributed by atoms with Crippen LogP contribution in [-0.4, -0.2) is 19.8 Å². The van der Waals surface area contributed by atoms with Gasteiger partial charge in [0.1, 0.15) is 24.7 Å². The number of rotatable bonds is 8. The van der Waals surface area contributed by atoms with Crippen LogP contribution < -0.4 is 14.8 Å². The molecule has 0 bridgehead atoms. The van der Waals surface area contributed by atoms with Crippen LogP contribution in [-0.2, 0) is 6.54 Å². The summed E-state index contributed by atoms with van der Waals surface area (Å²) in [7, 11) is 0. The zero-order valence-corrected chi connectivity index (χ0v) is 13.7. The van der Waals surface area contributed by atoms with Gasteiger partial charge in [-0.05, 0) is 42.4 Å². The van der Waals surface area contributed by atoms with E-state index in [1.807, 2.05) is 36.4 Å². The molecule has 0 aromatic heterocycles. The Morgan fingerprint density at radius 1 is 0.952 bits per heavy atom. The van der Waals surface area contributed by atoms with Gasteiger partial charge in [-0.15, -0.1) is 0 Å². The van der Waals surface area contributed by atoms with Crippen molar-refractivity contribution < 1.29 is 9.47 Å². The van der Waals surface area contributed by atoms with Crippen LogP contribution in [0.5, 0.6) is 11.5 Å². The number of hydrogen-bond acceptors (Lipinski definition) is 3. The topological polar surface area (TPSA) is 30.5 Å². The number of benzene rings is 2. The van der Waals surface area contributed by atoms with Crippen LogP contribution in [0.2, 0.25) is 0 Å². The summed E-state index contributed by atoms with van der Waals surface area (Å²) in [4.78, 5) is 0. The highest BCUT2D eigenvalue weighted by atomic mass is 79.9. The molecule has 1 N–H and O–H groups in total. The third-order valence-corrected chi connectivity index (χ3v) is 3.39. The summed E-state index contributed by atoms with van der Waals surface area (Å²) in [6, 6.07) is 15.9. The molecule has 2 rings (SSSR count). The lowest BCUT2D eigenvalue weighted by Crippen LogP contribution is -2.12. The molecular formula is C17H20BrNO2. The quantitative estimate of drug-likeness (QED) is 0.730. The first-order valence-corrected chi connectivity index (χ1v) is 7.88. The van der Waals surface area contributed by atoms with Gasteiger partial charge in [-0.2, -0.15) is 0 Å². The van der Waals surface area contributed by atoms with Crippen molar-refractivity contribution >= 4 is 15.9 Å². The lowest BCUT2D eigenvalue weighted by atomic mass is 10.2. The first-order chi connectivity index (χ1) is 10.3. The van der Waals surface area contributed by atoms with E-state index < -0.39 is 0 Å². The molecule has 0 atom stereocenters. The number of ether oxygens (including phenoxy) is 2. The maximum absolute atomic E-state index is 5.71. The van der Waals surface area contributed by atoms with E-state index in [1.54, 1.807) is 0 Å². The summed E-state index contributed by atoms with van der Waals surface area (Å²) < 4.78 is 12.4. The van der Waals surface area contributed by atoms with Gasteiger partial charge in [-0.1, -0.05) is 41.1 Å². The monoisotopic (exact) mass is 349 g/mol. The van der Waals surface area contributed by atoms with Crippen LogP contribution in [0.25, 0.3) is 0 Å². The second kappa shape index (κ2) is 8.70. The summed E-state index contributed by atoms with van der Waals surface area (Å²) in [5, 5.41) is 3.30. The standard InChI is InChI=1S/C17H20BrNO2/c1-2-19-13-14-5-3-7-16(11-14)20-9-10-21-17-8-4-6-15(18)12-17/h3-8,11-12,19H,2,9-10,13H2,1H3. The third-order valence-electron chi connectivity index (χ3n) is 2.89. The van der Waals surface area contributed by atoms with E-state index in [0.717, 1.165) is 29.1 Å². The fourth-order valence-electron chi connectivity index (χ4n) is 1.89. The molecule has 0 unspecified atom stereocenters. The summed E-state index contributed by atoms with van der Waals surface area (Å²) >= 11 is 3.42. The summed E-state index contributed by atoms with van der Waals surface area (Å²) in [5.74, 6) is 1.72. The van der Waals surface area contributed by atoms with Crippen LogP contribution >= 0.6 is 15.9 Å². The normalized spacial score (nSPS) is 10.4. The molecule has 21 heavy (non-hydrogen) atoms. The number of hydrogen-bond donors (Lipinski definition) is 1.